The molecule has 0 saturated carbocycles. The molecule has 0 bridgehead atoms. The highest BCUT2D eigenvalue weighted by molar-refractivity contribution is 5.78. The van der Waals surface area contributed by atoms with Crippen LogP contribution in [0.3, 0.4) is 0 Å². The molecule has 0 spiro atoms. The fourth-order valence-corrected chi connectivity index (χ4v) is 2.77. The van der Waals surface area contributed by atoms with Crippen molar-refractivity contribution in [3.63, 3.8) is 0 Å². The van der Waals surface area contributed by atoms with E-state index in [0.717, 1.165) is 6.42 Å². The third-order valence-electron chi connectivity index (χ3n) is 4.18. The molecule has 7 nitrogen and oxygen atoms in total. The highest BCUT2D eigenvalue weighted by atomic mass is 16.4. The number of carboxylic acid groups (broad SMARTS) is 1. The van der Waals surface area contributed by atoms with Crippen molar-refractivity contribution in [2.24, 2.45) is 0 Å². The van der Waals surface area contributed by atoms with Gasteiger partial charge in [-0.2, -0.15) is 4.68 Å². The van der Waals surface area contributed by atoms with Crippen LogP contribution < -0.4 is 5.56 Å². The van der Waals surface area contributed by atoms with Gasteiger partial charge in [-0.1, -0.05) is 17.3 Å². The molecule has 0 radical (unpaired) electrons. The molecule has 1 aliphatic heterocycles. The van der Waals surface area contributed by atoms with Crippen LogP contribution in [0.4, 0.5) is 0 Å². The smallest absolute Gasteiger partial charge is 0.323 e. The van der Waals surface area contributed by atoms with Crippen molar-refractivity contribution in [1.82, 2.24) is 19.9 Å². The van der Waals surface area contributed by atoms with Crippen molar-refractivity contribution in [3.05, 3.63) is 34.6 Å². The van der Waals surface area contributed by atoms with Gasteiger partial charge in [-0.25, -0.2) is 0 Å². The first-order chi connectivity index (χ1) is 10.0. The number of carbonyl (C=O) groups is 1. The van der Waals surface area contributed by atoms with E-state index in [9.17, 15) is 14.7 Å². The van der Waals surface area contributed by atoms with Crippen LogP contribution in [-0.2, 0) is 11.5 Å². The topological polar surface area (TPSA) is 88.3 Å². The number of nitrogens with zero attached hydrogens (tertiary/aromatic N) is 4. The van der Waals surface area contributed by atoms with Gasteiger partial charge in [-0.3, -0.25) is 14.5 Å². The Balaban J connectivity index is 1.97. The van der Waals surface area contributed by atoms with Crippen LogP contribution >= 0.6 is 0 Å². The summed E-state index contributed by atoms with van der Waals surface area (Å²) >= 11 is 0. The van der Waals surface area contributed by atoms with Crippen LogP contribution in [0.2, 0.25) is 0 Å². The second-order valence-electron chi connectivity index (χ2n) is 5.50. The predicted molar refractivity (Wildman–Crippen MR) is 75.8 cm³/mol. The summed E-state index contributed by atoms with van der Waals surface area (Å²) in [6, 6.07) is 6.99. The molecule has 1 aromatic heterocycles. The Morgan fingerprint density at radius 2 is 2.19 bits per heavy atom. The van der Waals surface area contributed by atoms with Crippen molar-refractivity contribution >= 4 is 16.9 Å². The van der Waals surface area contributed by atoms with E-state index in [2.05, 4.69) is 10.3 Å². The lowest BCUT2D eigenvalue weighted by molar-refractivity contribution is -0.149. The van der Waals surface area contributed by atoms with Crippen LogP contribution in [0.15, 0.2) is 29.1 Å². The van der Waals surface area contributed by atoms with Gasteiger partial charge in [-0.15, -0.1) is 5.10 Å². The van der Waals surface area contributed by atoms with E-state index < -0.39 is 11.5 Å². The average Bonchev–Trinajstić information content (AvgIpc) is 2.85. The minimum atomic E-state index is -0.952. The minimum Gasteiger partial charge on any atom is -0.480 e. The van der Waals surface area contributed by atoms with Gasteiger partial charge in [0.15, 0.2) is 0 Å². The van der Waals surface area contributed by atoms with Crippen LogP contribution in [0, 0.1) is 0 Å². The Kier molecular flexibility index (Phi) is 3.21. The molecule has 2 aromatic rings. The summed E-state index contributed by atoms with van der Waals surface area (Å²) in [5, 5.41) is 17.8. The molecule has 1 unspecified atom stereocenters. The largest absolute Gasteiger partial charge is 0.480 e. The van der Waals surface area contributed by atoms with Crippen molar-refractivity contribution in [2.45, 2.75) is 32.0 Å². The number of likely N-dealkylation sites (tertiary alicyclic amines) is 1. The lowest BCUT2D eigenvalue weighted by Crippen LogP contribution is -2.49. The first kappa shape index (κ1) is 13.7. The van der Waals surface area contributed by atoms with Crippen molar-refractivity contribution in [3.8, 4) is 0 Å². The fraction of sp³-hybridized carbons (Fsp3) is 0.429. The van der Waals surface area contributed by atoms with Crippen LogP contribution in [-0.4, -0.2) is 43.1 Å². The van der Waals surface area contributed by atoms with Gasteiger partial charge in [-0.05, 0) is 31.9 Å². The predicted octanol–water partition coefficient (Wildman–Crippen LogP) is 0.688. The molecule has 3 rings (SSSR count). The quantitative estimate of drug-likeness (QED) is 0.894. The molecule has 110 valence electrons. The first-order valence-electron chi connectivity index (χ1n) is 6.83. The number of aromatic nitrogens is 3. The number of rotatable bonds is 3. The Labute approximate surface area is 120 Å². The molecule has 1 fully saturated rings. The number of hydrogen-bond donors (Lipinski definition) is 1. The molecule has 0 aliphatic carbocycles. The summed E-state index contributed by atoms with van der Waals surface area (Å²) < 4.78 is 1.23. The van der Waals surface area contributed by atoms with Gasteiger partial charge in [0.1, 0.15) is 11.1 Å². The summed E-state index contributed by atoms with van der Waals surface area (Å²) in [7, 11) is 0. The monoisotopic (exact) mass is 288 g/mol. The molecule has 1 aliphatic rings. The normalized spacial score (nSPS) is 22.7. The Bertz CT molecular complexity index is 757. The minimum absolute atomic E-state index is 0.138. The Morgan fingerprint density at radius 3 is 2.95 bits per heavy atom. The lowest BCUT2D eigenvalue weighted by atomic mass is 10.00. The molecule has 2 heterocycles. The van der Waals surface area contributed by atoms with Crippen molar-refractivity contribution in [2.75, 3.05) is 6.54 Å². The summed E-state index contributed by atoms with van der Waals surface area (Å²) in [5.41, 5.74) is -0.659. The zero-order valence-corrected chi connectivity index (χ0v) is 11.7. The second kappa shape index (κ2) is 4.92. The molecular weight excluding hydrogens is 272 g/mol. The van der Waals surface area contributed by atoms with E-state index in [-0.39, 0.29) is 12.2 Å². The highest BCUT2D eigenvalue weighted by Crippen LogP contribution is 2.29. The molecule has 21 heavy (non-hydrogen) atoms. The SMILES string of the molecule is CC1(C(=O)O)CCCN1Cn1nnc2ccccc2c1=O. The average molecular weight is 288 g/mol. The molecule has 1 aromatic carbocycles. The summed E-state index contributed by atoms with van der Waals surface area (Å²) in [5.74, 6) is -0.873. The highest BCUT2D eigenvalue weighted by Gasteiger charge is 2.43. The Hall–Kier alpha value is -2.28. The summed E-state index contributed by atoms with van der Waals surface area (Å²) in [4.78, 5) is 25.6. The third kappa shape index (κ3) is 2.19. The maximum Gasteiger partial charge on any atom is 0.323 e. The van der Waals surface area contributed by atoms with Crippen LogP contribution in [0.5, 0.6) is 0 Å². The van der Waals surface area contributed by atoms with E-state index in [4.69, 9.17) is 0 Å². The van der Waals surface area contributed by atoms with E-state index in [1.54, 1.807) is 36.1 Å². The van der Waals surface area contributed by atoms with Gasteiger partial charge in [0.05, 0.1) is 12.1 Å². The summed E-state index contributed by atoms with van der Waals surface area (Å²) in [6.07, 6.45) is 1.36. The zero-order chi connectivity index (χ0) is 15.0. The molecular formula is C14H16N4O3. The molecule has 1 saturated heterocycles. The second-order valence-corrected chi connectivity index (χ2v) is 5.50. The number of hydrogen-bond acceptors (Lipinski definition) is 5. The molecule has 1 atom stereocenters. The molecule has 1 N–H and O–H groups in total. The van der Waals surface area contributed by atoms with Gasteiger partial charge < -0.3 is 5.11 Å². The van der Waals surface area contributed by atoms with Crippen molar-refractivity contribution < 1.29 is 9.90 Å². The maximum atomic E-state index is 12.4. The van der Waals surface area contributed by atoms with Crippen LogP contribution in [0.1, 0.15) is 19.8 Å². The van der Waals surface area contributed by atoms with Gasteiger partial charge in [0.25, 0.3) is 5.56 Å². The third-order valence-corrected chi connectivity index (χ3v) is 4.18. The zero-order valence-electron chi connectivity index (χ0n) is 11.7. The number of fused-ring (bicyclic) bond motifs is 1. The van der Waals surface area contributed by atoms with E-state index in [1.807, 2.05) is 0 Å². The van der Waals surface area contributed by atoms with Gasteiger partial charge >= 0.3 is 5.97 Å². The standard InChI is InChI=1S/C14H16N4O3/c1-14(13(20)21)7-4-8-17(14)9-18-12(19)10-5-2-3-6-11(10)15-16-18/h2-3,5-6H,4,7-9H2,1H3,(H,20,21). The molecule has 0 amide bonds. The van der Waals surface area contributed by atoms with Crippen LogP contribution in [0.25, 0.3) is 10.9 Å². The van der Waals surface area contributed by atoms with Gasteiger partial charge in [0.2, 0.25) is 0 Å². The maximum absolute atomic E-state index is 12.4. The number of aliphatic carboxylic acids is 1. The number of benzene rings is 1. The van der Waals surface area contributed by atoms with E-state index in [0.29, 0.717) is 23.9 Å². The van der Waals surface area contributed by atoms with Gasteiger partial charge in [0, 0.05) is 6.54 Å². The first-order valence-corrected chi connectivity index (χ1v) is 6.83. The lowest BCUT2D eigenvalue weighted by Gasteiger charge is -2.30. The fourth-order valence-electron chi connectivity index (χ4n) is 2.77. The Morgan fingerprint density at radius 1 is 1.43 bits per heavy atom. The van der Waals surface area contributed by atoms with E-state index in [1.165, 1.54) is 4.68 Å². The summed E-state index contributed by atoms with van der Waals surface area (Å²) in [6.45, 7) is 2.45. The van der Waals surface area contributed by atoms with Crippen molar-refractivity contribution in [1.29, 1.82) is 0 Å². The molecule has 7 heteroatoms. The number of carboxylic acids is 1. The van der Waals surface area contributed by atoms with E-state index >= 15 is 0 Å².